The molecule has 0 spiro atoms. The van der Waals surface area contributed by atoms with E-state index in [1.54, 1.807) is 60.9 Å². The van der Waals surface area contributed by atoms with Crippen LogP contribution in [-0.4, -0.2) is 69.1 Å². The van der Waals surface area contributed by atoms with Gasteiger partial charge in [0.05, 0.1) is 32.5 Å². The molecule has 0 unspecified atom stereocenters. The second-order valence-electron chi connectivity index (χ2n) is 4.68. The van der Waals surface area contributed by atoms with E-state index in [9.17, 15) is 0 Å². The van der Waals surface area contributed by atoms with E-state index in [0.717, 1.165) is 31.8 Å². The maximum Gasteiger partial charge on any atom is 0.137 e. The van der Waals surface area contributed by atoms with Gasteiger partial charge >= 0.3 is 0 Å². The summed E-state index contributed by atoms with van der Waals surface area (Å²) in [6.45, 7) is 3.08. The van der Waals surface area contributed by atoms with Crippen LogP contribution in [0.25, 0.3) is 0 Å². The van der Waals surface area contributed by atoms with Gasteiger partial charge in [-0.3, -0.25) is 0 Å². The van der Waals surface area contributed by atoms with Crippen molar-refractivity contribution in [3.8, 4) is 11.5 Å². The highest BCUT2D eigenvalue weighted by atomic mass is 35.5. The molecule has 0 aliphatic carbocycles. The third-order valence-electron chi connectivity index (χ3n) is 2.80. The number of unbranched alkanes of at least 4 members (excludes halogenated alkanes) is 1. The average molecular weight is 381 g/mol. The third kappa shape index (κ3) is 17.6. The quantitative estimate of drug-likeness (QED) is 0.577. The van der Waals surface area contributed by atoms with Gasteiger partial charge in [0.25, 0.3) is 0 Å². The Morgan fingerprint density at radius 3 is 1.48 bits per heavy atom. The summed E-state index contributed by atoms with van der Waals surface area (Å²) >= 11 is 5.80. The molecule has 7 heteroatoms. The molecule has 0 radical (unpaired) electrons. The maximum atomic E-state index is 5.80. The standard InChI is InChI=1S/C8H9ClO2.C6H14O2.C4H10O2/c1-10-6-3-4-8(11-2)7(9)5-6;1-7-5-3-4-6-8-2;1-5-3-4-6-2/h3-5H,1-2H3;3-6H2,1-2H3;3-4H2,1-2H3. The maximum absolute atomic E-state index is 5.80. The van der Waals surface area contributed by atoms with E-state index in [2.05, 4.69) is 9.47 Å². The molecule has 0 bridgehead atoms. The topological polar surface area (TPSA) is 55.4 Å². The zero-order valence-electron chi connectivity index (χ0n) is 16.3. The molecule has 0 aliphatic heterocycles. The van der Waals surface area contributed by atoms with Gasteiger partial charge in [-0.05, 0) is 25.0 Å². The van der Waals surface area contributed by atoms with E-state index in [4.69, 9.17) is 30.5 Å². The molecule has 6 nitrogen and oxygen atoms in total. The zero-order valence-corrected chi connectivity index (χ0v) is 17.1. The first kappa shape index (κ1) is 26.2. The highest BCUT2D eigenvalue weighted by Crippen LogP contribution is 2.27. The molecule has 1 rings (SSSR count). The van der Waals surface area contributed by atoms with Gasteiger partial charge in [0, 0.05) is 47.7 Å². The summed E-state index contributed by atoms with van der Waals surface area (Å²) < 4.78 is 28.9. The van der Waals surface area contributed by atoms with Crippen LogP contribution in [0.5, 0.6) is 11.5 Å². The van der Waals surface area contributed by atoms with Crippen molar-refractivity contribution in [2.45, 2.75) is 12.8 Å². The molecule has 0 heterocycles. The number of ether oxygens (including phenoxy) is 6. The largest absolute Gasteiger partial charge is 0.497 e. The van der Waals surface area contributed by atoms with E-state index >= 15 is 0 Å². The summed E-state index contributed by atoms with van der Waals surface area (Å²) in [5.41, 5.74) is 0. The van der Waals surface area contributed by atoms with E-state index in [1.165, 1.54) is 0 Å². The van der Waals surface area contributed by atoms with Crippen LogP contribution in [0.4, 0.5) is 0 Å². The molecule has 0 aromatic heterocycles. The Morgan fingerprint density at radius 1 is 0.680 bits per heavy atom. The summed E-state index contributed by atoms with van der Waals surface area (Å²) in [7, 11) is 9.91. The molecule has 0 saturated heterocycles. The van der Waals surface area contributed by atoms with Crippen molar-refractivity contribution >= 4 is 11.6 Å². The first-order chi connectivity index (χ1) is 12.1. The van der Waals surface area contributed by atoms with Crippen LogP contribution < -0.4 is 9.47 Å². The van der Waals surface area contributed by atoms with Crippen molar-refractivity contribution in [2.75, 3.05) is 69.1 Å². The van der Waals surface area contributed by atoms with Crippen LogP contribution in [0.15, 0.2) is 18.2 Å². The number of hydrogen-bond acceptors (Lipinski definition) is 6. The highest BCUT2D eigenvalue weighted by molar-refractivity contribution is 6.32. The minimum atomic E-state index is 0.562. The fourth-order valence-corrected chi connectivity index (χ4v) is 1.68. The molecule has 0 N–H and O–H groups in total. The van der Waals surface area contributed by atoms with Gasteiger partial charge in [0.2, 0.25) is 0 Å². The van der Waals surface area contributed by atoms with Crippen molar-refractivity contribution < 1.29 is 28.4 Å². The lowest BCUT2D eigenvalue weighted by atomic mass is 10.3. The van der Waals surface area contributed by atoms with E-state index < -0.39 is 0 Å². The molecule has 0 atom stereocenters. The lowest BCUT2D eigenvalue weighted by Crippen LogP contribution is -1.96. The Labute approximate surface area is 157 Å². The van der Waals surface area contributed by atoms with Crippen molar-refractivity contribution in [1.29, 1.82) is 0 Å². The molecular weight excluding hydrogens is 348 g/mol. The molecule has 0 amide bonds. The number of hydrogen-bond donors (Lipinski definition) is 0. The van der Waals surface area contributed by atoms with Gasteiger partial charge < -0.3 is 28.4 Å². The van der Waals surface area contributed by atoms with Crippen molar-refractivity contribution in [1.82, 2.24) is 0 Å². The molecular formula is C18H33ClO6. The van der Waals surface area contributed by atoms with E-state index in [1.807, 2.05) is 0 Å². The van der Waals surface area contributed by atoms with Crippen LogP contribution in [0.2, 0.25) is 5.02 Å². The average Bonchev–Trinajstić information content (AvgIpc) is 2.64. The summed E-state index contributed by atoms with van der Waals surface area (Å²) in [5.74, 6) is 1.39. The monoisotopic (exact) mass is 380 g/mol. The Kier molecular flexibility index (Phi) is 22.0. The smallest absolute Gasteiger partial charge is 0.137 e. The second kappa shape index (κ2) is 21.0. The van der Waals surface area contributed by atoms with Crippen LogP contribution in [-0.2, 0) is 18.9 Å². The number of rotatable bonds is 10. The van der Waals surface area contributed by atoms with Crippen LogP contribution in [0.3, 0.4) is 0 Å². The molecule has 1 aromatic carbocycles. The summed E-state index contributed by atoms with van der Waals surface area (Å²) in [6.07, 6.45) is 2.20. The lowest BCUT2D eigenvalue weighted by molar-refractivity contribution is 0.103. The Balaban J connectivity index is 0. The fraction of sp³-hybridized carbons (Fsp3) is 0.667. The molecule has 0 fully saturated rings. The number of methoxy groups -OCH3 is 6. The van der Waals surface area contributed by atoms with Crippen LogP contribution >= 0.6 is 11.6 Å². The zero-order chi connectivity index (χ0) is 19.3. The predicted molar refractivity (Wildman–Crippen MR) is 101 cm³/mol. The van der Waals surface area contributed by atoms with Gasteiger partial charge in [0.1, 0.15) is 11.5 Å². The van der Waals surface area contributed by atoms with Gasteiger partial charge in [-0.1, -0.05) is 11.6 Å². The number of halogens is 1. The minimum absolute atomic E-state index is 0.562. The molecule has 25 heavy (non-hydrogen) atoms. The Hall–Kier alpha value is -1.05. The SMILES string of the molecule is COCCCCOC.COCCOC.COc1ccc(OC)c(Cl)c1. The fourth-order valence-electron chi connectivity index (χ4n) is 1.43. The van der Waals surface area contributed by atoms with Crippen molar-refractivity contribution in [3.63, 3.8) is 0 Å². The first-order valence-electron chi connectivity index (χ1n) is 7.94. The second-order valence-corrected chi connectivity index (χ2v) is 5.09. The Bertz CT molecular complexity index is 380. The third-order valence-corrected chi connectivity index (χ3v) is 3.09. The van der Waals surface area contributed by atoms with E-state index in [-0.39, 0.29) is 0 Å². The predicted octanol–water partition coefficient (Wildman–Crippen LogP) is 3.70. The van der Waals surface area contributed by atoms with E-state index in [0.29, 0.717) is 24.0 Å². The van der Waals surface area contributed by atoms with Gasteiger partial charge in [-0.15, -0.1) is 0 Å². The van der Waals surface area contributed by atoms with Crippen molar-refractivity contribution in [3.05, 3.63) is 23.2 Å². The molecule has 0 saturated carbocycles. The highest BCUT2D eigenvalue weighted by Gasteiger charge is 2.00. The first-order valence-corrected chi connectivity index (χ1v) is 8.32. The van der Waals surface area contributed by atoms with Crippen molar-refractivity contribution in [2.24, 2.45) is 0 Å². The van der Waals surface area contributed by atoms with Crippen LogP contribution in [0.1, 0.15) is 12.8 Å². The number of benzene rings is 1. The summed E-state index contributed by atoms with van der Waals surface area (Å²) in [4.78, 5) is 0. The lowest BCUT2D eigenvalue weighted by Gasteiger charge is -2.04. The molecule has 1 aromatic rings. The summed E-state index contributed by atoms with van der Waals surface area (Å²) in [5, 5.41) is 0.562. The molecule has 0 aliphatic rings. The van der Waals surface area contributed by atoms with Gasteiger partial charge in [-0.25, -0.2) is 0 Å². The Morgan fingerprint density at radius 2 is 1.16 bits per heavy atom. The minimum Gasteiger partial charge on any atom is -0.497 e. The molecule has 148 valence electrons. The van der Waals surface area contributed by atoms with Gasteiger partial charge in [0.15, 0.2) is 0 Å². The van der Waals surface area contributed by atoms with Gasteiger partial charge in [-0.2, -0.15) is 0 Å². The summed E-state index contributed by atoms with van der Waals surface area (Å²) in [6, 6.07) is 5.27. The van der Waals surface area contributed by atoms with Crippen LogP contribution in [0, 0.1) is 0 Å². The normalized spacial score (nSPS) is 9.40.